The SMILES string of the molecule is C[n+]1ccn(-c2ccc3ccccc3n2)c1.F[P-](F)(F)(F)(F)F. The number of imidazole rings is 1. The molecule has 0 spiro atoms. The first kappa shape index (κ1) is 17.2. The Labute approximate surface area is 127 Å². The number of para-hydroxylation sites is 1. The molecule has 0 radical (unpaired) electrons. The van der Waals surface area contributed by atoms with Gasteiger partial charge >= 0.3 is 33.0 Å². The maximum atomic E-state index is 9.87. The van der Waals surface area contributed by atoms with Crippen LogP contribution in [0.15, 0.2) is 55.1 Å². The second kappa shape index (κ2) is 4.92. The van der Waals surface area contributed by atoms with E-state index in [1.54, 1.807) is 0 Å². The molecule has 0 aliphatic carbocycles. The van der Waals surface area contributed by atoms with Crippen LogP contribution in [0, 0.1) is 0 Å². The van der Waals surface area contributed by atoms with Crippen molar-refractivity contribution in [2.24, 2.45) is 7.05 Å². The van der Waals surface area contributed by atoms with Crippen molar-refractivity contribution < 1.29 is 29.7 Å². The van der Waals surface area contributed by atoms with Gasteiger partial charge in [0.25, 0.3) is 0 Å². The third kappa shape index (κ3) is 6.65. The van der Waals surface area contributed by atoms with E-state index in [1.807, 2.05) is 59.2 Å². The quantitative estimate of drug-likeness (QED) is 0.333. The molecule has 0 amide bonds. The fraction of sp³-hybridized carbons (Fsp3) is 0.0769. The van der Waals surface area contributed by atoms with Crippen molar-refractivity contribution in [2.75, 3.05) is 0 Å². The zero-order chi connectivity index (χ0) is 17.4. The molecule has 23 heavy (non-hydrogen) atoms. The summed E-state index contributed by atoms with van der Waals surface area (Å²) < 4.78 is 63.2. The number of fused-ring (bicyclic) bond motifs is 1. The Hall–Kier alpha value is -2.15. The van der Waals surface area contributed by atoms with Crippen LogP contribution in [-0.2, 0) is 7.05 Å². The molecule has 0 atom stereocenters. The number of pyridine rings is 1. The van der Waals surface area contributed by atoms with E-state index in [0.29, 0.717) is 0 Å². The van der Waals surface area contributed by atoms with Crippen LogP contribution in [0.1, 0.15) is 0 Å². The molecular formula is C13H12F6N3P. The average Bonchev–Trinajstić information content (AvgIpc) is 2.81. The molecule has 2 aromatic heterocycles. The normalized spacial score (nSPS) is 14.6. The summed E-state index contributed by atoms with van der Waals surface area (Å²) in [5, 5.41) is 1.17. The summed E-state index contributed by atoms with van der Waals surface area (Å²) in [5.74, 6) is 0.944. The van der Waals surface area contributed by atoms with Crippen LogP contribution in [-0.4, -0.2) is 9.55 Å². The van der Waals surface area contributed by atoms with Gasteiger partial charge in [-0.05, 0) is 12.1 Å². The predicted molar refractivity (Wildman–Crippen MR) is 75.8 cm³/mol. The van der Waals surface area contributed by atoms with Gasteiger partial charge in [0.05, 0.1) is 12.6 Å². The Morgan fingerprint density at radius 1 is 0.957 bits per heavy atom. The molecule has 0 bridgehead atoms. The molecule has 3 nitrogen and oxygen atoms in total. The first-order chi connectivity index (χ1) is 10.3. The van der Waals surface area contributed by atoms with Crippen LogP contribution in [0.2, 0.25) is 0 Å². The van der Waals surface area contributed by atoms with Crippen molar-refractivity contribution in [3.63, 3.8) is 0 Å². The molecule has 0 saturated carbocycles. The van der Waals surface area contributed by atoms with Gasteiger partial charge in [0, 0.05) is 11.5 Å². The molecule has 126 valence electrons. The van der Waals surface area contributed by atoms with Gasteiger partial charge in [-0.2, -0.15) is 4.57 Å². The van der Waals surface area contributed by atoms with Gasteiger partial charge in [-0.15, -0.1) is 0 Å². The Morgan fingerprint density at radius 2 is 1.57 bits per heavy atom. The van der Waals surface area contributed by atoms with Gasteiger partial charge in [0.2, 0.25) is 12.1 Å². The van der Waals surface area contributed by atoms with E-state index in [1.165, 1.54) is 5.39 Å². The van der Waals surface area contributed by atoms with E-state index in [9.17, 15) is 25.2 Å². The molecule has 2 heterocycles. The van der Waals surface area contributed by atoms with E-state index < -0.39 is 7.81 Å². The summed E-state index contributed by atoms with van der Waals surface area (Å²) in [6.07, 6.45) is 5.99. The van der Waals surface area contributed by atoms with E-state index >= 15 is 0 Å². The predicted octanol–water partition coefficient (Wildman–Crippen LogP) is 5.23. The van der Waals surface area contributed by atoms with Gasteiger partial charge in [0.1, 0.15) is 12.4 Å². The third-order valence-corrected chi connectivity index (χ3v) is 2.62. The molecule has 0 unspecified atom stereocenters. The Balaban J connectivity index is 0.000000236. The van der Waals surface area contributed by atoms with Crippen molar-refractivity contribution in [2.45, 2.75) is 0 Å². The van der Waals surface area contributed by atoms with Crippen LogP contribution < -0.4 is 4.57 Å². The van der Waals surface area contributed by atoms with E-state index in [0.717, 1.165) is 11.3 Å². The zero-order valence-electron chi connectivity index (χ0n) is 11.8. The van der Waals surface area contributed by atoms with Crippen molar-refractivity contribution in [3.05, 3.63) is 55.1 Å². The molecule has 0 aliphatic heterocycles. The van der Waals surface area contributed by atoms with E-state index in [-0.39, 0.29) is 0 Å². The summed E-state index contributed by atoms with van der Waals surface area (Å²) in [4.78, 5) is 4.61. The van der Waals surface area contributed by atoms with Crippen molar-refractivity contribution in [1.82, 2.24) is 9.55 Å². The second-order valence-electron chi connectivity index (χ2n) is 4.81. The minimum absolute atomic E-state index is 0.944. The van der Waals surface area contributed by atoms with Crippen LogP contribution in [0.3, 0.4) is 0 Å². The van der Waals surface area contributed by atoms with Crippen molar-refractivity contribution in [3.8, 4) is 5.82 Å². The number of hydrogen-bond donors (Lipinski definition) is 0. The van der Waals surface area contributed by atoms with E-state index in [2.05, 4.69) is 17.1 Å². The second-order valence-corrected chi connectivity index (χ2v) is 6.72. The zero-order valence-corrected chi connectivity index (χ0v) is 12.6. The third-order valence-electron chi connectivity index (χ3n) is 2.62. The Bertz CT molecular complexity index is 830. The number of aryl methyl sites for hydroxylation is 1. The van der Waals surface area contributed by atoms with Gasteiger partial charge in [0.15, 0.2) is 0 Å². The van der Waals surface area contributed by atoms with Crippen LogP contribution in [0.25, 0.3) is 16.7 Å². The molecule has 3 rings (SSSR count). The fourth-order valence-corrected chi connectivity index (χ4v) is 1.78. The van der Waals surface area contributed by atoms with Gasteiger partial charge in [-0.3, -0.25) is 0 Å². The van der Waals surface area contributed by atoms with E-state index in [4.69, 9.17) is 0 Å². The average molecular weight is 355 g/mol. The summed E-state index contributed by atoms with van der Waals surface area (Å²) in [6.45, 7) is 0. The van der Waals surface area contributed by atoms with Crippen LogP contribution in [0.4, 0.5) is 25.2 Å². The number of aromatic nitrogens is 3. The fourth-order valence-electron chi connectivity index (χ4n) is 1.78. The van der Waals surface area contributed by atoms with Crippen LogP contribution in [0.5, 0.6) is 0 Å². The molecule has 0 fully saturated rings. The van der Waals surface area contributed by atoms with Crippen LogP contribution >= 0.6 is 7.81 Å². The van der Waals surface area contributed by atoms with Gasteiger partial charge < -0.3 is 0 Å². The van der Waals surface area contributed by atoms with Gasteiger partial charge in [-0.1, -0.05) is 18.2 Å². The molecule has 1 aromatic carbocycles. The monoisotopic (exact) mass is 355 g/mol. The molecule has 0 aliphatic rings. The Kier molecular flexibility index (Phi) is 3.68. The molecule has 3 aromatic rings. The first-order valence-corrected chi connectivity index (χ1v) is 8.26. The standard InChI is InChI=1S/C13H12N3.F6P/c1-15-8-9-16(10-15)13-7-6-11-4-2-3-5-12(11)14-13;1-7(2,3,4,5)6/h2-10H,1H3;/q+1;-1. The van der Waals surface area contributed by atoms with Gasteiger partial charge in [-0.25, -0.2) is 9.55 Å². The summed E-state index contributed by atoms with van der Waals surface area (Å²) in [7, 11) is -8.66. The first-order valence-electron chi connectivity index (χ1n) is 6.24. The summed E-state index contributed by atoms with van der Waals surface area (Å²) in [6, 6.07) is 12.3. The molecule has 10 heteroatoms. The summed E-state index contributed by atoms with van der Waals surface area (Å²) >= 11 is 0. The number of nitrogens with zero attached hydrogens (tertiary/aromatic N) is 3. The Morgan fingerprint density at radius 3 is 2.13 bits per heavy atom. The topological polar surface area (TPSA) is 21.7 Å². The summed E-state index contributed by atoms with van der Waals surface area (Å²) in [5.41, 5.74) is 1.02. The number of rotatable bonds is 1. The van der Waals surface area contributed by atoms with Crippen molar-refractivity contribution in [1.29, 1.82) is 0 Å². The molecular weight excluding hydrogens is 343 g/mol. The molecule has 0 N–H and O–H groups in total. The minimum atomic E-state index is -10.7. The number of benzene rings is 1. The number of hydrogen-bond acceptors (Lipinski definition) is 1. The maximum absolute atomic E-state index is 10.7. The van der Waals surface area contributed by atoms with Crippen molar-refractivity contribution >= 4 is 18.7 Å². The number of halogens is 6. The molecule has 0 saturated heterocycles.